The van der Waals surface area contributed by atoms with E-state index >= 15 is 0 Å². The molecule has 0 atom stereocenters. The predicted octanol–water partition coefficient (Wildman–Crippen LogP) is 3.78. The van der Waals surface area contributed by atoms with Crippen molar-refractivity contribution in [1.82, 2.24) is 25.4 Å². The van der Waals surface area contributed by atoms with Crippen LogP contribution in [0.15, 0.2) is 54.4 Å². The number of hydrazine groups is 1. The first-order chi connectivity index (χ1) is 17.5. The number of nitrogens with zero attached hydrogens (tertiary/aromatic N) is 5. The summed E-state index contributed by atoms with van der Waals surface area (Å²) in [5, 5.41) is 3.32. The van der Waals surface area contributed by atoms with Crippen LogP contribution < -0.4 is 21.1 Å². The van der Waals surface area contributed by atoms with Gasteiger partial charge in [-0.05, 0) is 42.3 Å². The summed E-state index contributed by atoms with van der Waals surface area (Å²) in [5.74, 6) is -0.786. The third-order valence-electron chi connectivity index (χ3n) is 5.40. The van der Waals surface area contributed by atoms with Crippen LogP contribution in [0.1, 0.15) is 16.1 Å². The molecule has 1 aromatic carbocycles. The molecule has 3 aromatic heterocycles. The lowest BCUT2D eigenvalue weighted by Gasteiger charge is -2.28. The molecular weight excluding hydrogens is 483 g/mol. The topological polar surface area (TPSA) is 117 Å². The fourth-order valence-corrected chi connectivity index (χ4v) is 4.33. The number of aromatic nitrogens is 4. The Labute approximate surface area is 210 Å². The maximum Gasteiger partial charge on any atom is 0.288 e. The lowest BCUT2D eigenvalue weighted by atomic mass is 10.1. The minimum absolute atomic E-state index is 0.0701. The lowest BCUT2D eigenvalue weighted by Crippen LogP contribution is -2.38. The van der Waals surface area contributed by atoms with Gasteiger partial charge in [0.05, 0.1) is 41.7 Å². The number of pyridine rings is 1. The highest BCUT2D eigenvalue weighted by atomic mass is 32.1. The number of morpholine rings is 1. The van der Waals surface area contributed by atoms with Crippen molar-refractivity contribution in [1.29, 1.82) is 0 Å². The van der Waals surface area contributed by atoms with Gasteiger partial charge < -0.3 is 15.0 Å². The minimum atomic E-state index is -0.536. The molecule has 0 unspecified atom stereocenters. The first-order valence-electron chi connectivity index (χ1n) is 11.2. The number of halogens is 1. The summed E-state index contributed by atoms with van der Waals surface area (Å²) < 4.78 is 19.5. The maximum absolute atomic E-state index is 14.2. The molecule has 1 saturated heterocycles. The van der Waals surface area contributed by atoms with Crippen LogP contribution in [0.25, 0.3) is 10.4 Å². The van der Waals surface area contributed by atoms with Crippen molar-refractivity contribution in [3.05, 3.63) is 71.5 Å². The Morgan fingerprint density at radius 3 is 2.69 bits per heavy atom. The van der Waals surface area contributed by atoms with Crippen LogP contribution in [0.2, 0.25) is 0 Å². The van der Waals surface area contributed by atoms with Gasteiger partial charge in [-0.2, -0.15) is 4.98 Å². The average Bonchev–Trinajstić information content (AvgIpc) is 3.44. The van der Waals surface area contributed by atoms with E-state index in [4.69, 9.17) is 4.74 Å². The van der Waals surface area contributed by atoms with E-state index < -0.39 is 11.7 Å². The van der Waals surface area contributed by atoms with Gasteiger partial charge in [-0.3, -0.25) is 20.6 Å². The molecule has 1 amide bonds. The highest BCUT2D eigenvalue weighted by molar-refractivity contribution is 7.13. The molecule has 5 rings (SSSR count). The molecule has 12 heteroatoms. The van der Waals surface area contributed by atoms with Crippen LogP contribution in [0.5, 0.6) is 0 Å². The number of anilines is 4. The van der Waals surface area contributed by atoms with Crippen LogP contribution in [-0.4, -0.2) is 52.1 Å². The second kappa shape index (κ2) is 10.6. The Balaban J connectivity index is 1.21. The summed E-state index contributed by atoms with van der Waals surface area (Å²) in [6, 6.07) is 9.54. The number of thiazole rings is 1. The second-order valence-corrected chi connectivity index (χ2v) is 8.94. The number of hydrogen-bond donors (Lipinski definition) is 3. The fraction of sp³-hybridized carbons (Fsp3) is 0.208. The summed E-state index contributed by atoms with van der Waals surface area (Å²) in [7, 11) is 0. The van der Waals surface area contributed by atoms with Crippen LogP contribution >= 0.6 is 11.3 Å². The average molecular weight is 507 g/mol. The third-order valence-corrected chi connectivity index (χ3v) is 6.23. The number of carbonyl (C=O) groups is 1. The van der Waals surface area contributed by atoms with Crippen LogP contribution in [0.4, 0.5) is 27.5 Å². The number of benzene rings is 1. The number of rotatable bonds is 7. The Kier molecular flexibility index (Phi) is 6.96. The molecule has 4 aromatic rings. The van der Waals surface area contributed by atoms with Gasteiger partial charge in [-0.15, -0.1) is 11.3 Å². The monoisotopic (exact) mass is 506 g/mol. The number of amides is 1. The van der Waals surface area contributed by atoms with E-state index in [2.05, 4.69) is 42.2 Å². The van der Waals surface area contributed by atoms with Gasteiger partial charge in [0.15, 0.2) is 11.6 Å². The van der Waals surface area contributed by atoms with Crippen molar-refractivity contribution in [2.75, 3.05) is 41.9 Å². The Morgan fingerprint density at radius 1 is 1.08 bits per heavy atom. The molecule has 1 aliphatic heterocycles. The number of hydrogen-bond acceptors (Lipinski definition) is 10. The molecule has 0 radical (unpaired) electrons. The Morgan fingerprint density at radius 2 is 1.94 bits per heavy atom. The molecule has 10 nitrogen and oxygen atoms in total. The van der Waals surface area contributed by atoms with Gasteiger partial charge >= 0.3 is 0 Å². The number of carbonyl (C=O) groups excluding carboxylic acids is 1. The summed E-state index contributed by atoms with van der Waals surface area (Å²) >= 11 is 1.58. The van der Waals surface area contributed by atoms with E-state index in [0.29, 0.717) is 26.3 Å². The molecule has 0 bridgehead atoms. The van der Waals surface area contributed by atoms with Crippen molar-refractivity contribution in [2.45, 2.75) is 6.92 Å². The molecule has 4 heterocycles. The standard InChI is InChI=1S/C24H23FN8O2S/c1-15-8-16(21-13-26-14-36-21)10-18(9-15)29-17-2-3-20(27-11-17)23(34)31-32-24-28-12-19(25)22(30-24)33-4-6-35-7-5-33/h2-3,8-14,29H,4-7H2,1H3,(H,31,34)(H,28,30,32). The molecule has 3 N–H and O–H groups in total. The first-order valence-corrected chi connectivity index (χ1v) is 12.1. The molecular formula is C24H23FN8O2S. The molecule has 0 aliphatic carbocycles. The molecule has 184 valence electrons. The lowest BCUT2D eigenvalue weighted by molar-refractivity contribution is 0.0957. The van der Waals surface area contributed by atoms with Crippen molar-refractivity contribution < 1.29 is 13.9 Å². The highest BCUT2D eigenvalue weighted by Gasteiger charge is 2.18. The molecule has 1 aliphatic rings. The Hall–Kier alpha value is -4.16. The van der Waals surface area contributed by atoms with E-state index in [-0.39, 0.29) is 17.5 Å². The zero-order chi connectivity index (χ0) is 24.9. The van der Waals surface area contributed by atoms with Crippen LogP contribution in [0, 0.1) is 12.7 Å². The first kappa shape index (κ1) is 23.6. The number of nitrogens with one attached hydrogen (secondary N) is 3. The van der Waals surface area contributed by atoms with Gasteiger partial charge in [0.1, 0.15) is 5.69 Å². The second-order valence-electron chi connectivity index (χ2n) is 8.05. The predicted molar refractivity (Wildman–Crippen MR) is 136 cm³/mol. The summed E-state index contributed by atoms with van der Waals surface area (Å²) in [6.45, 7) is 4.08. The zero-order valence-corrected chi connectivity index (χ0v) is 20.2. The molecule has 1 fully saturated rings. The van der Waals surface area contributed by atoms with Crippen molar-refractivity contribution in [3.63, 3.8) is 0 Å². The molecule has 36 heavy (non-hydrogen) atoms. The highest BCUT2D eigenvalue weighted by Crippen LogP contribution is 2.28. The van der Waals surface area contributed by atoms with E-state index in [9.17, 15) is 9.18 Å². The normalized spacial score (nSPS) is 13.3. The largest absolute Gasteiger partial charge is 0.378 e. The van der Waals surface area contributed by atoms with E-state index in [1.54, 1.807) is 40.1 Å². The fourth-order valence-electron chi connectivity index (χ4n) is 3.72. The minimum Gasteiger partial charge on any atom is -0.378 e. The SMILES string of the molecule is Cc1cc(Nc2ccc(C(=O)NNc3ncc(F)c(N4CCOCC4)n3)nc2)cc(-c2cncs2)c1. The van der Waals surface area contributed by atoms with E-state index in [1.807, 2.05) is 25.3 Å². The molecule has 0 spiro atoms. The van der Waals surface area contributed by atoms with Gasteiger partial charge in [0.2, 0.25) is 5.95 Å². The van der Waals surface area contributed by atoms with Gasteiger partial charge in [0, 0.05) is 25.0 Å². The number of ether oxygens (including phenoxy) is 1. The van der Waals surface area contributed by atoms with Crippen molar-refractivity contribution >= 4 is 40.4 Å². The van der Waals surface area contributed by atoms with Crippen molar-refractivity contribution in [2.24, 2.45) is 0 Å². The van der Waals surface area contributed by atoms with Gasteiger partial charge in [0.25, 0.3) is 5.91 Å². The smallest absolute Gasteiger partial charge is 0.288 e. The number of aryl methyl sites for hydroxylation is 1. The summed E-state index contributed by atoms with van der Waals surface area (Å²) in [4.78, 5) is 31.9. The van der Waals surface area contributed by atoms with Gasteiger partial charge in [-0.25, -0.2) is 14.4 Å². The summed E-state index contributed by atoms with van der Waals surface area (Å²) in [6.07, 6.45) is 4.48. The van der Waals surface area contributed by atoms with Crippen molar-refractivity contribution in [3.8, 4) is 10.4 Å². The maximum atomic E-state index is 14.2. The Bertz CT molecular complexity index is 1340. The quantitative estimate of drug-likeness (QED) is 0.322. The third kappa shape index (κ3) is 5.56. The summed E-state index contributed by atoms with van der Waals surface area (Å²) in [5.41, 5.74) is 10.9. The van der Waals surface area contributed by atoms with E-state index in [1.165, 1.54) is 0 Å². The molecule has 0 saturated carbocycles. The zero-order valence-electron chi connectivity index (χ0n) is 19.4. The van der Waals surface area contributed by atoms with Crippen LogP contribution in [-0.2, 0) is 4.74 Å². The van der Waals surface area contributed by atoms with Gasteiger partial charge in [-0.1, -0.05) is 6.07 Å². The van der Waals surface area contributed by atoms with E-state index in [0.717, 1.165) is 33.6 Å². The van der Waals surface area contributed by atoms with Crippen LogP contribution in [0.3, 0.4) is 0 Å².